The molecule has 2 aliphatic rings. The van der Waals surface area contributed by atoms with Crippen molar-refractivity contribution in [1.29, 1.82) is 0 Å². The quantitative estimate of drug-likeness (QED) is 0.730. The first-order chi connectivity index (χ1) is 8.33. The van der Waals surface area contributed by atoms with Crippen molar-refractivity contribution in [3.63, 3.8) is 0 Å². The zero-order valence-corrected chi connectivity index (χ0v) is 9.98. The number of halogens is 1. The second-order valence-corrected chi connectivity index (χ2v) is 4.97. The van der Waals surface area contributed by atoms with Gasteiger partial charge in [0, 0.05) is 37.1 Å². The first kappa shape index (κ1) is 11.0. The third-order valence-electron chi connectivity index (χ3n) is 3.90. The Kier molecular flexibility index (Phi) is 2.97. The summed E-state index contributed by atoms with van der Waals surface area (Å²) in [5, 5.41) is 0. The van der Waals surface area contributed by atoms with Crippen molar-refractivity contribution in [3.8, 4) is 0 Å². The third-order valence-corrected chi connectivity index (χ3v) is 3.90. The predicted octanol–water partition coefficient (Wildman–Crippen LogP) is 1.90. The summed E-state index contributed by atoms with van der Waals surface area (Å²) in [6.07, 6.45) is 5.42. The van der Waals surface area contributed by atoms with Gasteiger partial charge in [-0.1, -0.05) is 0 Å². The van der Waals surface area contributed by atoms with Crippen LogP contribution in [0.3, 0.4) is 0 Å². The lowest BCUT2D eigenvalue weighted by Gasteiger charge is -2.24. The molecule has 1 aromatic heterocycles. The van der Waals surface area contributed by atoms with E-state index < -0.39 is 0 Å². The maximum atomic E-state index is 13.1. The van der Waals surface area contributed by atoms with Crippen molar-refractivity contribution in [3.05, 3.63) is 24.3 Å². The lowest BCUT2D eigenvalue weighted by atomic mass is 10.2. The minimum atomic E-state index is -0.382. The van der Waals surface area contributed by atoms with E-state index in [2.05, 4.69) is 14.8 Å². The Hall–Kier alpha value is -1.16. The lowest BCUT2D eigenvalue weighted by Crippen LogP contribution is -2.35. The standard InChI is InChI=1S/C13H18FN3/c14-13-9-11(3-5-15-13)17-8-4-12(10-17)16-6-1-2-7-16/h3,5,9,12H,1-2,4,6-8,10H2. The molecule has 1 aromatic rings. The summed E-state index contributed by atoms with van der Waals surface area (Å²) in [6.45, 7) is 4.54. The molecule has 0 saturated carbocycles. The Labute approximate surface area is 101 Å². The molecule has 0 aromatic carbocycles. The highest BCUT2D eigenvalue weighted by molar-refractivity contribution is 5.46. The first-order valence-corrected chi connectivity index (χ1v) is 6.43. The van der Waals surface area contributed by atoms with Gasteiger partial charge in [-0.25, -0.2) is 4.98 Å². The van der Waals surface area contributed by atoms with Gasteiger partial charge in [-0.3, -0.25) is 4.90 Å². The summed E-state index contributed by atoms with van der Waals surface area (Å²) in [4.78, 5) is 8.46. The highest BCUT2D eigenvalue weighted by Gasteiger charge is 2.29. The summed E-state index contributed by atoms with van der Waals surface area (Å²) >= 11 is 0. The minimum absolute atomic E-state index is 0.382. The Bertz CT molecular complexity index is 390. The number of likely N-dealkylation sites (tertiary alicyclic amines) is 1. The van der Waals surface area contributed by atoms with Crippen LogP contribution in [-0.2, 0) is 0 Å². The van der Waals surface area contributed by atoms with Crippen molar-refractivity contribution >= 4 is 5.69 Å². The number of hydrogen-bond donors (Lipinski definition) is 0. The average molecular weight is 235 g/mol. The fourth-order valence-electron chi connectivity index (χ4n) is 2.97. The van der Waals surface area contributed by atoms with E-state index in [1.807, 2.05) is 6.07 Å². The van der Waals surface area contributed by atoms with Gasteiger partial charge in [-0.2, -0.15) is 4.39 Å². The molecule has 0 radical (unpaired) electrons. The van der Waals surface area contributed by atoms with Crippen LogP contribution in [0.5, 0.6) is 0 Å². The number of rotatable bonds is 2. The van der Waals surface area contributed by atoms with Crippen LogP contribution in [0.25, 0.3) is 0 Å². The van der Waals surface area contributed by atoms with Crippen molar-refractivity contribution in [2.75, 3.05) is 31.1 Å². The molecule has 4 heteroatoms. The smallest absolute Gasteiger partial charge is 0.214 e. The van der Waals surface area contributed by atoms with Gasteiger partial charge >= 0.3 is 0 Å². The van der Waals surface area contributed by atoms with Crippen molar-refractivity contribution in [2.45, 2.75) is 25.3 Å². The molecule has 92 valence electrons. The molecule has 17 heavy (non-hydrogen) atoms. The van der Waals surface area contributed by atoms with Crippen LogP contribution in [0.15, 0.2) is 18.3 Å². The van der Waals surface area contributed by atoms with Gasteiger partial charge in [0.2, 0.25) is 5.95 Å². The number of anilines is 1. The van der Waals surface area contributed by atoms with E-state index in [9.17, 15) is 4.39 Å². The molecule has 1 atom stereocenters. The Morgan fingerprint density at radius 2 is 2.06 bits per heavy atom. The van der Waals surface area contributed by atoms with Crippen LogP contribution in [0, 0.1) is 5.95 Å². The van der Waals surface area contributed by atoms with Crippen molar-refractivity contribution in [1.82, 2.24) is 9.88 Å². The topological polar surface area (TPSA) is 19.4 Å². The fraction of sp³-hybridized carbons (Fsp3) is 0.615. The van der Waals surface area contributed by atoms with E-state index >= 15 is 0 Å². The summed E-state index contributed by atoms with van der Waals surface area (Å²) in [6, 6.07) is 4.09. The Morgan fingerprint density at radius 1 is 1.24 bits per heavy atom. The van der Waals surface area contributed by atoms with Crippen LogP contribution < -0.4 is 4.90 Å². The molecular weight excluding hydrogens is 217 g/mol. The molecule has 0 spiro atoms. The largest absolute Gasteiger partial charge is 0.370 e. The predicted molar refractivity (Wildman–Crippen MR) is 65.6 cm³/mol. The van der Waals surface area contributed by atoms with E-state index in [-0.39, 0.29) is 5.95 Å². The molecule has 2 fully saturated rings. The van der Waals surface area contributed by atoms with Gasteiger partial charge in [0.1, 0.15) is 0 Å². The van der Waals surface area contributed by atoms with E-state index in [1.165, 1.54) is 38.4 Å². The SMILES string of the molecule is Fc1cc(N2CCC(N3CCCC3)C2)ccn1. The number of nitrogens with zero attached hydrogens (tertiary/aromatic N) is 3. The van der Waals surface area contributed by atoms with Gasteiger partial charge in [0.15, 0.2) is 0 Å². The molecule has 0 bridgehead atoms. The second-order valence-electron chi connectivity index (χ2n) is 4.97. The lowest BCUT2D eigenvalue weighted by molar-refractivity contribution is 0.260. The third kappa shape index (κ3) is 2.27. The van der Waals surface area contributed by atoms with Gasteiger partial charge in [0.05, 0.1) is 0 Å². The minimum Gasteiger partial charge on any atom is -0.370 e. The van der Waals surface area contributed by atoms with Gasteiger partial charge in [0.25, 0.3) is 0 Å². The number of pyridine rings is 1. The fourth-order valence-corrected chi connectivity index (χ4v) is 2.97. The molecule has 2 saturated heterocycles. The monoisotopic (exact) mass is 235 g/mol. The van der Waals surface area contributed by atoms with Gasteiger partial charge in [-0.05, 0) is 38.4 Å². The van der Waals surface area contributed by atoms with E-state index in [0.29, 0.717) is 6.04 Å². The van der Waals surface area contributed by atoms with E-state index in [1.54, 1.807) is 6.20 Å². The zero-order chi connectivity index (χ0) is 11.7. The van der Waals surface area contributed by atoms with E-state index in [0.717, 1.165) is 18.8 Å². The summed E-state index contributed by atoms with van der Waals surface area (Å²) in [7, 11) is 0. The maximum Gasteiger partial charge on any atom is 0.214 e. The molecular formula is C13H18FN3. The molecule has 0 amide bonds. The highest BCUT2D eigenvalue weighted by atomic mass is 19.1. The van der Waals surface area contributed by atoms with Crippen LogP contribution >= 0.6 is 0 Å². The zero-order valence-electron chi connectivity index (χ0n) is 9.98. The summed E-state index contributed by atoms with van der Waals surface area (Å²) in [5.74, 6) is -0.382. The summed E-state index contributed by atoms with van der Waals surface area (Å²) < 4.78 is 13.1. The highest BCUT2D eigenvalue weighted by Crippen LogP contribution is 2.25. The average Bonchev–Trinajstić information content (AvgIpc) is 3.00. The van der Waals surface area contributed by atoms with Crippen LogP contribution in [0.2, 0.25) is 0 Å². The van der Waals surface area contributed by atoms with E-state index in [4.69, 9.17) is 0 Å². The van der Waals surface area contributed by atoms with Gasteiger partial charge in [-0.15, -0.1) is 0 Å². The first-order valence-electron chi connectivity index (χ1n) is 6.43. The number of hydrogen-bond acceptors (Lipinski definition) is 3. The van der Waals surface area contributed by atoms with Crippen molar-refractivity contribution < 1.29 is 4.39 Å². The van der Waals surface area contributed by atoms with Crippen LogP contribution in [-0.4, -0.2) is 42.1 Å². The van der Waals surface area contributed by atoms with Crippen LogP contribution in [0.1, 0.15) is 19.3 Å². The molecule has 3 rings (SSSR count). The molecule has 3 heterocycles. The normalized spacial score (nSPS) is 25.7. The Morgan fingerprint density at radius 3 is 2.82 bits per heavy atom. The van der Waals surface area contributed by atoms with Gasteiger partial charge < -0.3 is 4.90 Å². The van der Waals surface area contributed by atoms with Crippen LogP contribution in [0.4, 0.5) is 10.1 Å². The molecule has 0 aliphatic carbocycles. The molecule has 0 N–H and O–H groups in total. The Balaban J connectivity index is 1.67. The molecule has 2 aliphatic heterocycles. The van der Waals surface area contributed by atoms with Crippen molar-refractivity contribution in [2.24, 2.45) is 0 Å². The molecule has 1 unspecified atom stereocenters. The second kappa shape index (κ2) is 4.61. The molecule has 3 nitrogen and oxygen atoms in total. The number of aromatic nitrogens is 1. The maximum absolute atomic E-state index is 13.1. The summed E-state index contributed by atoms with van der Waals surface area (Å²) in [5.41, 5.74) is 0.971.